The van der Waals surface area contributed by atoms with Crippen LogP contribution < -0.4 is 32.7 Å². The van der Waals surface area contributed by atoms with Crippen LogP contribution in [-0.2, 0) is 14.4 Å². The van der Waals surface area contributed by atoms with Gasteiger partial charge in [0.05, 0.1) is 0 Å². The molecule has 0 unspecified atom stereocenters. The molecule has 0 radical (unpaired) electrons. The van der Waals surface area contributed by atoms with Gasteiger partial charge < -0.3 is 37.6 Å². The predicted molar refractivity (Wildman–Crippen MR) is 109 cm³/mol. The first-order valence-corrected chi connectivity index (χ1v) is 9.80. The van der Waals surface area contributed by atoms with Crippen molar-refractivity contribution < 1.29 is 14.4 Å². The highest BCUT2D eigenvalue weighted by Crippen LogP contribution is 2.19. The van der Waals surface area contributed by atoms with Crippen LogP contribution in [-0.4, -0.2) is 73.3 Å². The van der Waals surface area contributed by atoms with Crippen molar-refractivity contribution in [1.82, 2.24) is 26.2 Å². The van der Waals surface area contributed by atoms with E-state index in [1.165, 1.54) is 4.90 Å². The summed E-state index contributed by atoms with van der Waals surface area (Å²) >= 11 is 0. The van der Waals surface area contributed by atoms with Crippen LogP contribution in [0.5, 0.6) is 0 Å². The van der Waals surface area contributed by atoms with Crippen LogP contribution in [0.4, 0.5) is 0 Å². The van der Waals surface area contributed by atoms with E-state index in [2.05, 4.69) is 21.3 Å². The van der Waals surface area contributed by atoms with Crippen LogP contribution in [0.3, 0.4) is 0 Å². The molecule has 164 valence electrons. The highest BCUT2D eigenvalue weighted by molar-refractivity contribution is 5.91. The molecule has 0 aliphatic carbocycles. The molecule has 1 heterocycles. The van der Waals surface area contributed by atoms with Gasteiger partial charge in [-0.25, -0.2) is 0 Å². The van der Waals surface area contributed by atoms with Gasteiger partial charge in [-0.1, -0.05) is 0 Å². The van der Waals surface area contributed by atoms with Crippen LogP contribution in [0.1, 0.15) is 38.5 Å². The SMILES string of the molecule is N=C(N)NCCCCNC(=O)[C@@H]1CCCN1C(=O)[C@H](CCCNC(=N)N)NC=O. The van der Waals surface area contributed by atoms with E-state index < -0.39 is 12.1 Å². The maximum Gasteiger partial charge on any atom is 0.245 e. The van der Waals surface area contributed by atoms with E-state index in [-0.39, 0.29) is 23.7 Å². The van der Waals surface area contributed by atoms with Crippen LogP contribution >= 0.6 is 0 Å². The fraction of sp³-hybridized carbons (Fsp3) is 0.706. The summed E-state index contributed by atoms with van der Waals surface area (Å²) in [5.41, 5.74) is 10.4. The molecular formula is C17H33N9O3. The van der Waals surface area contributed by atoms with Crippen molar-refractivity contribution in [2.24, 2.45) is 11.5 Å². The lowest BCUT2D eigenvalue weighted by molar-refractivity contribution is -0.140. The molecule has 1 saturated heterocycles. The molecule has 12 nitrogen and oxygen atoms in total. The second-order valence-electron chi connectivity index (χ2n) is 6.85. The highest BCUT2D eigenvalue weighted by Gasteiger charge is 2.36. The van der Waals surface area contributed by atoms with Gasteiger partial charge in [-0.2, -0.15) is 0 Å². The quantitative estimate of drug-likeness (QED) is 0.0722. The third-order valence-corrected chi connectivity index (χ3v) is 4.61. The number of carbonyl (C=O) groups excluding carboxylic acids is 3. The molecule has 1 fully saturated rings. The van der Waals surface area contributed by atoms with E-state index in [4.69, 9.17) is 22.3 Å². The van der Waals surface area contributed by atoms with E-state index in [1.54, 1.807) is 0 Å². The third-order valence-electron chi connectivity index (χ3n) is 4.61. The van der Waals surface area contributed by atoms with Gasteiger partial charge in [0, 0.05) is 26.2 Å². The van der Waals surface area contributed by atoms with E-state index in [9.17, 15) is 14.4 Å². The molecule has 0 aromatic rings. The third kappa shape index (κ3) is 9.12. The van der Waals surface area contributed by atoms with Crippen molar-refractivity contribution in [3.63, 3.8) is 0 Å². The molecule has 3 amide bonds. The van der Waals surface area contributed by atoms with Crippen molar-refractivity contribution in [3.8, 4) is 0 Å². The number of hydrogen-bond donors (Lipinski definition) is 8. The van der Waals surface area contributed by atoms with E-state index in [0.717, 1.165) is 19.3 Å². The Balaban J connectivity index is 2.48. The number of unbranched alkanes of at least 4 members (excludes halogenated alkanes) is 1. The van der Waals surface area contributed by atoms with Gasteiger partial charge in [-0.15, -0.1) is 0 Å². The fourth-order valence-corrected chi connectivity index (χ4v) is 3.20. The number of amides is 3. The summed E-state index contributed by atoms with van der Waals surface area (Å²) in [6.45, 7) is 1.94. The van der Waals surface area contributed by atoms with Crippen LogP contribution in [0.25, 0.3) is 0 Å². The first-order chi connectivity index (χ1) is 13.9. The number of nitrogens with zero attached hydrogens (tertiary/aromatic N) is 1. The van der Waals surface area contributed by atoms with Crippen molar-refractivity contribution in [2.75, 3.05) is 26.2 Å². The topological polar surface area (TPSA) is 202 Å². The van der Waals surface area contributed by atoms with Crippen LogP contribution in [0.15, 0.2) is 0 Å². The van der Waals surface area contributed by atoms with Crippen molar-refractivity contribution in [3.05, 3.63) is 0 Å². The van der Waals surface area contributed by atoms with Gasteiger partial charge in [-0.3, -0.25) is 25.2 Å². The fourth-order valence-electron chi connectivity index (χ4n) is 3.20. The largest absolute Gasteiger partial charge is 0.370 e. The molecule has 2 atom stereocenters. The standard InChI is InChI=1S/C17H33N9O3/c18-16(19)23-8-2-1-7-22-14(28)13-6-4-10-26(13)15(29)12(25-11-27)5-3-9-24-17(20)21/h11-13H,1-10H2,(H,22,28)(H,25,27)(H4,18,19,23)(H4,20,21,24)/t12-,13-/m0/s1. The van der Waals surface area contributed by atoms with Gasteiger partial charge >= 0.3 is 0 Å². The first kappa shape index (κ1) is 24.0. The summed E-state index contributed by atoms with van der Waals surface area (Å²) < 4.78 is 0. The Bertz CT molecular complexity index is 584. The van der Waals surface area contributed by atoms with Gasteiger partial charge in [0.25, 0.3) is 0 Å². The molecular weight excluding hydrogens is 378 g/mol. The lowest BCUT2D eigenvalue weighted by Crippen LogP contribution is -2.52. The zero-order valence-corrected chi connectivity index (χ0v) is 16.6. The molecule has 1 rings (SSSR count). The number of rotatable bonds is 13. The maximum atomic E-state index is 12.9. The second kappa shape index (κ2) is 13.2. The molecule has 0 aromatic carbocycles. The van der Waals surface area contributed by atoms with E-state index in [1.807, 2.05) is 0 Å². The zero-order chi connectivity index (χ0) is 21.6. The van der Waals surface area contributed by atoms with Crippen molar-refractivity contribution in [1.29, 1.82) is 10.8 Å². The molecule has 29 heavy (non-hydrogen) atoms. The molecule has 0 spiro atoms. The summed E-state index contributed by atoms with van der Waals surface area (Å²) in [6.07, 6.45) is 4.20. The Labute approximate surface area is 170 Å². The van der Waals surface area contributed by atoms with E-state index in [0.29, 0.717) is 51.9 Å². The molecule has 12 heteroatoms. The maximum absolute atomic E-state index is 12.9. The smallest absolute Gasteiger partial charge is 0.245 e. The number of likely N-dealkylation sites (tertiary alicyclic amines) is 1. The molecule has 0 saturated carbocycles. The Morgan fingerprint density at radius 1 is 1.03 bits per heavy atom. The summed E-state index contributed by atoms with van der Waals surface area (Å²) in [7, 11) is 0. The lowest BCUT2D eigenvalue weighted by atomic mass is 10.1. The summed E-state index contributed by atoms with van der Waals surface area (Å²) in [6, 6.07) is -1.25. The summed E-state index contributed by atoms with van der Waals surface area (Å²) in [4.78, 5) is 37.8. The number of nitrogens with two attached hydrogens (primary N) is 2. The predicted octanol–water partition coefficient (Wildman–Crippen LogP) is -2.27. The summed E-state index contributed by atoms with van der Waals surface area (Å²) in [5.74, 6) is -0.698. The molecule has 10 N–H and O–H groups in total. The molecule has 0 bridgehead atoms. The minimum absolute atomic E-state index is 0.0790. The Morgan fingerprint density at radius 3 is 2.21 bits per heavy atom. The number of nitrogens with one attached hydrogen (secondary N) is 6. The van der Waals surface area contributed by atoms with E-state index >= 15 is 0 Å². The number of carbonyl (C=O) groups is 3. The molecule has 1 aliphatic rings. The summed E-state index contributed by atoms with van der Waals surface area (Å²) in [5, 5.41) is 24.9. The Hall–Kier alpha value is -3.05. The Morgan fingerprint density at radius 2 is 1.62 bits per heavy atom. The van der Waals surface area contributed by atoms with Gasteiger partial charge in [0.15, 0.2) is 11.9 Å². The second-order valence-corrected chi connectivity index (χ2v) is 6.85. The normalized spacial score (nSPS) is 16.6. The average molecular weight is 412 g/mol. The molecule has 1 aliphatic heterocycles. The lowest BCUT2D eigenvalue weighted by Gasteiger charge is -2.28. The van der Waals surface area contributed by atoms with Crippen molar-refractivity contribution >= 4 is 30.1 Å². The minimum atomic E-state index is -0.715. The average Bonchev–Trinajstić information content (AvgIpc) is 3.15. The number of hydrogen-bond acceptors (Lipinski definition) is 5. The van der Waals surface area contributed by atoms with Crippen LogP contribution in [0, 0.1) is 10.8 Å². The van der Waals surface area contributed by atoms with Crippen LogP contribution in [0.2, 0.25) is 0 Å². The van der Waals surface area contributed by atoms with Crippen molar-refractivity contribution in [2.45, 2.75) is 50.6 Å². The zero-order valence-electron chi connectivity index (χ0n) is 16.6. The number of guanidine groups is 2. The van der Waals surface area contributed by atoms with Gasteiger partial charge in [0.1, 0.15) is 12.1 Å². The molecule has 0 aromatic heterocycles. The monoisotopic (exact) mass is 411 g/mol. The first-order valence-electron chi connectivity index (χ1n) is 9.80. The van der Waals surface area contributed by atoms with Gasteiger partial charge in [-0.05, 0) is 38.5 Å². The van der Waals surface area contributed by atoms with Gasteiger partial charge in [0.2, 0.25) is 18.2 Å². The Kier molecular flexibility index (Phi) is 10.9. The highest BCUT2D eigenvalue weighted by atomic mass is 16.2. The minimum Gasteiger partial charge on any atom is -0.370 e.